The molecule has 0 aliphatic heterocycles. The third kappa shape index (κ3) is 2.48. The van der Waals surface area contributed by atoms with Crippen LogP contribution in [-0.2, 0) is 12.8 Å². The summed E-state index contributed by atoms with van der Waals surface area (Å²) in [5.41, 5.74) is 8.56. The fraction of sp³-hybridized carbons (Fsp3) is 0.692. The molecule has 2 rings (SSSR count). The number of nitrogens with two attached hydrogens (primary N) is 1. The minimum atomic E-state index is -0.401. The van der Waals surface area contributed by atoms with Crippen molar-refractivity contribution in [2.45, 2.75) is 51.6 Å². The summed E-state index contributed by atoms with van der Waals surface area (Å²) in [4.78, 5) is 9.17. The number of hydrogen-bond acceptors (Lipinski definition) is 4. The maximum absolute atomic E-state index is 10.1. The van der Waals surface area contributed by atoms with Crippen LogP contribution in [0.25, 0.3) is 0 Å². The molecule has 0 bridgehead atoms. The Labute approximate surface area is 102 Å². The van der Waals surface area contributed by atoms with Gasteiger partial charge in [-0.05, 0) is 25.8 Å². The minimum absolute atomic E-state index is 0.316. The number of aliphatic hydroxyl groups excluding tert-OH is 1. The highest BCUT2D eigenvalue weighted by Crippen LogP contribution is 2.31. The second-order valence-electron chi connectivity index (χ2n) is 4.99. The Hall–Kier alpha value is -1.00. The largest absolute Gasteiger partial charge is 0.388 e. The van der Waals surface area contributed by atoms with Gasteiger partial charge in [0, 0.05) is 17.9 Å². The summed E-state index contributed by atoms with van der Waals surface area (Å²) in [6, 6.07) is 0. The molecule has 0 aromatic carbocycles. The van der Waals surface area contributed by atoms with Crippen LogP contribution in [0.5, 0.6) is 0 Å². The second-order valence-corrected chi connectivity index (χ2v) is 4.99. The van der Waals surface area contributed by atoms with E-state index >= 15 is 0 Å². The summed E-state index contributed by atoms with van der Waals surface area (Å²) in [6.45, 7) is 4.74. The summed E-state index contributed by atoms with van der Waals surface area (Å²) >= 11 is 0. The molecular weight excluding hydrogens is 214 g/mol. The number of aromatic nitrogens is 2. The molecule has 1 aromatic heterocycles. The van der Waals surface area contributed by atoms with Crippen molar-refractivity contribution < 1.29 is 5.11 Å². The number of hydrogen-bond donors (Lipinski definition) is 2. The molecule has 0 saturated heterocycles. The van der Waals surface area contributed by atoms with Gasteiger partial charge in [-0.2, -0.15) is 0 Å². The van der Waals surface area contributed by atoms with Crippen molar-refractivity contribution in [3.63, 3.8) is 0 Å². The number of fused-ring (bicyclic) bond motifs is 1. The van der Waals surface area contributed by atoms with Crippen molar-refractivity contribution >= 4 is 0 Å². The minimum Gasteiger partial charge on any atom is -0.388 e. The second kappa shape index (κ2) is 5.10. The van der Waals surface area contributed by atoms with Gasteiger partial charge >= 0.3 is 0 Å². The first-order chi connectivity index (χ1) is 8.13. The quantitative estimate of drug-likeness (QED) is 0.832. The van der Waals surface area contributed by atoms with Gasteiger partial charge in [0.1, 0.15) is 5.82 Å². The number of rotatable bonds is 3. The van der Waals surface area contributed by atoms with Crippen LogP contribution in [0.2, 0.25) is 0 Å². The van der Waals surface area contributed by atoms with E-state index in [1.165, 1.54) is 0 Å². The summed E-state index contributed by atoms with van der Waals surface area (Å²) < 4.78 is 0. The van der Waals surface area contributed by atoms with E-state index in [-0.39, 0.29) is 0 Å². The third-order valence-corrected chi connectivity index (χ3v) is 3.24. The molecular formula is C13H21N3O. The average Bonchev–Trinajstić information content (AvgIpc) is 2.29. The van der Waals surface area contributed by atoms with E-state index in [0.717, 1.165) is 48.5 Å². The third-order valence-electron chi connectivity index (χ3n) is 3.24. The Morgan fingerprint density at radius 1 is 1.41 bits per heavy atom. The normalized spacial score (nSPS) is 19.5. The fourth-order valence-corrected chi connectivity index (χ4v) is 2.36. The molecule has 1 heterocycles. The van der Waals surface area contributed by atoms with Gasteiger partial charge in [0.2, 0.25) is 0 Å². The molecule has 1 aliphatic carbocycles. The van der Waals surface area contributed by atoms with Crippen molar-refractivity contribution in [2.24, 2.45) is 5.73 Å². The van der Waals surface area contributed by atoms with Crippen molar-refractivity contribution in [2.75, 3.05) is 6.54 Å². The van der Waals surface area contributed by atoms with Crippen molar-refractivity contribution in [3.8, 4) is 0 Å². The van der Waals surface area contributed by atoms with E-state index in [2.05, 4.69) is 23.8 Å². The lowest BCUT2D eigenvalue weighted by molar-refractivity contribution is 0.153. The van der Waals surface area contributed by atoms with E-state index in [0.29, 0.717) is 12.5 Å². The summed E-state index contributed by atoms with van der Waals surface area (Å²) in [5.74, 6) is 1.19. The zero-order valence-corrected chi connectivity index (χ0v) is 10.6. The smallest absolute Gasteiger partial charge is 0.131 e. The Morgan fingerprint density at radius 3 is 2.82 bits per heavy atom. The van der Waals surface area contributed by atoms with Gasteiger partial charge in [-0.3, -0.25) is 0 Å². The number of aryl methyl sites for hydroxylation is 1. The van der Waals surface area contributed by atoms with Crippen LogP contribution in [0, 0.1) is 0 Å². The molecule has 1 aliphatic rings. The van der Waals surface area contributed by atoms with Gasteiger partial charge < -0.3 is 10.8 Å². The summed E-state index contributed by atoms with van der Waals surface area (Å²) in [7, 11) is 0. The first-order valence-corrected chi connectivity index (χ1v) is 6.41. The van der Waals surface area contributed by atoms with Gasteiger partial charge in [0.25, 0.3) is 0 Å². The highest BCUT2D eigenvalue weighted by molar-refractivity contribution is 5.31. The Kier molecular flexibility index (Phi) is 3.74. The predicted molar refractivity (Wildman–Crippen MR) is 66.8 cm³/mol. The molecule has 0 radical (unpaired) electrons. The van der Waals surface area contributed by atoms with Crippen LogP contribution in [0.1, 0.15) is 61.5 Å². The molecule has 0 saturated carbocycles. The molecule has 1 atom stereocenters. The molecule has 4 heteroatoms. The summed E-state index contributed by atoms with van der Waals surface area (Å²) in [6.07, 6.45) is 3.09. The van der Waals surface area contributed by atoms with Crippen LogP contribution in [0.15, 0.2) is 0 Å². The van der Waals surface area contributed by atoms with Gasteiger partial charge in [0.05, 0.1) is 17.5 Å². The van der Waals surface area contributed by atoms with Gasteiger partial charge in [-0.15, -0.1) is 0 Å². The highest BCUT2D eigenvalue weighted by atomic mass is 16.3. The maximum atomic E-state index is 10.1. The molecule has 94 valence electrons. The number of aliphatic hydroxyl groups is 1. The van der Waals surface area contributed by atoms with Crippen molar-refractivity contribution in [1.29, 1.82) is 0 Å². The van der Waals surface area contributed by atoms with Gasteiger partial charge in [0.15, 0.2) is 0 Å². The molecule has 17 heavy (non-hydrogen) atoms. The van der Waals surface area contributed by atoms with E-state index in [9.17, 15) is 5.11 Å². The van der Waals surface area contributed by atoms with Crippen LogP contribution in [-0.4, -0.2) is 21.6 Å². The molecule has 0 fully saturated rings. The van der Waals surface area contributed by atoms with Crippen LogP contribution >= 0.6 is 0 Å². The van der Waals surface area contributed by atoms with E-state index in [1.54, 1.807) is 0 Å². The van der Waals surface area contributed by atoms with E-state index < -0.39 is 6.10 Å². The van der Waals surface area contributed by atoms with Crippen LogP contribution < -0.4 is 5.73 Å². The van der Waals surface area contributed by atoms with E-state index in [1.807, 2.05) is 0 Å². The number of nitrogens with zero attached hydrogens (tertiary/aromatic N) is 2. The molecule has 4 nitrogen and oxygen atoms in total. The van der Waals surface area contributed by atoms with Crippen molar-refractivity contribution in [3.05, 3.63) is 22.8 Å². The van der Waals surface area contributed by atoms with Gasteiger partial charge in [-0.1, -0.05) is 13.8 Å². The molecule has 0 spiro atoms. The Balaban J connectivity index is 2.49. The zero-order valence-electron chi connectivity index (χ0n) is 10.6. The standard InChI is InChI=1S/C13H21N3O/c1-8(2)13-15-9-4-3-5-11(17)12(9)10(16-13)6-7-14/h8,11,17H,3-7,14H2,1-2H3. The molecule has 3 N–H and O–H groups in total. The fourth-order valence-electron chi connectivity index (χ4n) is 2.36. The van der Waals surface area contributed by atoms with Crippen molar-refractivity contribution in [1.82, 2.24) is 9.97 Å². The predicted octanol–water partition coefficient (Wildman–Crippen LogP) is 1.47. The van der Waals surface area contributed by atoms with E-state index in [4.69, 9.17) is 5.73 Å². The Morgan fingerprint density at radius 2 is 2.18 bits per heavy atom. The first kappa shape index (κ1) is 12.5. The molecule has 1 aromatic rings. The SMILES string of the molecule is CC(C)c1nc(CCN)c2c(n1)CCCC2O. The highest BCUT2D eigenvalue weighted by Gasteiger charge is 2.24. The molecule has 1 unspecified atom stereocenters. The monoisotopic (exact) mass is 235 g/mol. The first-order valence-electron chi connectivity index (χ1n) is 6.41. The molecule has 0 amide bonds. The Bertz CT molecular complexity index is 404. The summed E-state index contributed by atoms with van der Waals surface area (Å²) in [5, 5.41) is 10.1. The van der Waals surface area contributed by atoms with Crippen LogP contribution in [0.3, 0.4) is 0 Å². The average molecular weight is 235 g/mol. The lowest BCUT2D eigenvalue weighted by Crippen LogP contribution is -2.20. The van der Waals surface area contributed by atoms with Crippen LogP contribution in [0.4, 0.5) is 0 Å². The maximum Gasteiger partial charge on any atom is 0.131 e. The van der Waals surface area contributed by atoms with Gasteiger partial charge in [-0.25, -0.2) is 9.97 Å². The zero-order chi connectivity index (χ0) is 12.4. The topological polar surface area (TPSA) is 72.0 Å². The lowest BCUT2D eigenvalue weighted by atomic mass is 9.91. The lowest BCUT2D eigenvalue weighted by Gasteiger charge is -2.24.